The SMILES string of the molecule is O=C(/C=C/c1cccc2ccccc12)Nc1ccccc1C(=O)N1CCCCC1. The Morgan fingerprint density at radius 1 is 0.828 bits per heavy atom. The monoisotopic (exact) mass is 384 g/mol. The van der Waals surface area contributed by atoms with Crippen LogP contribution in [0.5, 0.6) is 0 Å². The van der Waals surface area contributed by atoms with E-state index in [4.69, 9.17) is 0 Å². The number of anilines is 1. The van der Waals surface area contributed by atoms with Gasteiger partial charge in [0.2, 0.25) is 5.91 Å². The largest absolute Gasteiger partial charge is 0.339 e. The highest BCUT2D eigenvalue weighted by molar-refractivity contribution is 6.08. The number of amides is 2. The Labute approximate surface area is 170 Å². The minimum absolute atomic E-state index is 0.0152. The molecule has 3 aromatic carbocycles. The van der Waals surface area contributed by atoms with Crippen molar-refractivity contribution in [2.45, 2.75) is 19.3 Å². The molecule has 2 amide bonds. The predicted octanol–water partition coefficient (Wildman–Crippen LogP) is 5.12. The van der Waals surface area contributed by atoms with E-state index in [1.165, 1.54) is 12.5 Å². The quantitative estimate of drug-likeness (QED) is 0.635. The predicted molar refractivity (Wildman–Crippen MR) is 118 cm³/mol. The van der Waals surface area contributed by atoms with E-state index in [9.17, 15) is 9.59 Å². The number of nitrogens with zero attached hydrogens (tertiary/aromatic N) is 1. The van der Waals surface area contributed by atoms with Crippen LogP contribution in [0.25, 0.3) is 16.8 Å². The van der Waals surface area contributed by atoms with Crippen LogP contribution >= 0.6 is 0 Å². The van der Waals surface area contributed by atoms with Crippen molar-refractivity contribution in [1.82, 2.24) is 4.90 Å². The zero-order valence-corrected chi connectivity index (χ0v) is 16.3. The summed E-state index contributed by atoms with van der Waals surface area (Å²) in [5, 5.41) is 5.10. The maximum Gasteiger partial charge on any atom is 0.255 e. The molecule has 146 valence electrons. The van der Waals surface area contributed by atoms with Gasteiger partial charge in [0.1, 0.15) is 0 Å². The van der Waals surface area contributed by atoms with Crippen molar-refractivity contribution < 1.29 is 9.59 Å². The van der Waals surface area contributed by atoms with Crippen LogP contribution in [0.15, 0.2) is 72.8 Å². The smallest absolute Gasteiger partial charge is 0.255 e. The van der Waals surface area contributed by atoms with Gasteiger partial charge in [-0.3, -0.25) is 9.59 Å². The number of hydrogen-bond donors (Lipinski definition) is 1. The first-order valence-corrected chi connectivity index (χ1v) is 10.1. The highest BCUT2D eigenvalue weighted by Gasteiger charge is 2.20. The van der Waals surface area contributed by atoms with E-state index in [1.807, 2.05) is 53.4 Å². The van der Waals surface area contributed by atoms with Crippen LogP contribution in [0.2, 0.25) is 0 Å². The highest BCUT2D eigenvalue weighted by Crippen LogP contribution is 2.21. The van der Waals surface area contributed by atoms with Gasteiger partial charge in [0.05, 0.1) is 11.3 Å². The molecule has 4 nitrogen and oxygen atoms in total. The maximum absolute atomic E-state index is 12.9. The van der Waals surface area contributed by atoms with E-state index in [2.05, 4.69) is 17.4 Å². The Balaban J connectivity index is 1.51. The van der Waals surface area contributed by atoms with Gasteiger partial charge in [0.15, 0.2) is 0 Å². The molecule has 0 unspecified atom stereocenters. The average Bonchev–Trinajstić information content (AvgIpc) is 2.78. The van der Waals surface area contributed by atoms with Crippen molar-refractivity contribution in [3.8, 4) is 0 Å². The first kappa shape index (κ1) is 18.9. The lowest BCUT2D eigenvalue weighted by molar-refractivity contribution is -0.111. The third-order valence-corrected chi connectivity index (χ3v) is 5.30. The van der Waals surface area contributed by atoms with Gasteiger partial charge in [-0.15, -0.1) is 0 Å². The summed E-state index contributed by atoms with van der Waals surface area (Å²) in [7, 11) is 0. The number of piperidine rings is 1. The van der Waals surface area contributed by atoms with Crippen LogP contribution in [0.1, 0.15) is 35.2 Å². The van der Waals surface area contributed by atoms with E-state index >= 15 is 0 Å². The average molecular weight is 384 g/mol. The third kappa shape index (κ3) is 4.37. The Kier molecular flexibility index (Phi) is 5.71. The molecule has 0 spiro atoms. The lowest BCUT2D eigenvalue weighted by atomic mass is 10.0. The number of rotatable bonds is 4. The van der Waals surface area contributed by atoms with Crippen molar-refractivity contribution >= 4 is 34.4 Å². The van der Waals surface area contributed by atoms with Gasteiger partial charge in [0, 0.05) is 19.2 Å². The van der Waals surface area contributed by atoms with Gasteiger partial charge in [0.25, 0.3) is 5.91 Å². The molecule has 1 aliphatic rings. The van der Waals surface area contributed by atoms with Gasteiger partial charge in [-0.2, -0.15) is 0 Å². The van der Waals surface area contributed by atoms with Crippen LogP contribution in [0, 0.1) is 0 Å². The number of nitrogens with one attached hydrogen (secondary N) is 1. The van der Waals surface area contributed by atoms with E-state index in [-0.39, 0.29) is 11.8 Å². The Bertz CT molecular complexity index is 1060. The first-order valence-electron chi connectivity index (χ1n) is 10.1. The Morgan fingerprint density at radius 2 is 1.55 bits per heavy atom. The van der Waals surface area contributed by atoms with Crippen LogP contribution in [0.3, 0.4) is 0 Å². The fraction of sp³-hybridized carbons (Fsp3) is 0.200. The Morgan fingerprint density at radius 3 is 2.41 bits per heavy atom. The summed E-state index contributed by atoms with van der Waals surface area (Å²) >= 11 is 0. The second-order valence-electron chi connectivity index (χ2n) is 7.29. The number of carbonyl (C=O) groups is 2. The number of fused-ring (bicyclic) bond motifs is 1. The molecule has 0 bridgehead atoms. The molecule has 1 aliphatic heterocycles. The molecule has 0 radical (unpaired) electrons. The molecule has 1 fully saturated rings. The fourth-order valence-electron chi connectivity index (χ4n) is 3.78. The van der Waals surface area contributed by atoms with Gasteiger partial charge in [-0.05, 0) is 53.8 Å². The summed E-state index contributed by atoms with van der Waals surface area (Å²) in [5.74, 6) is -0.268. The number of carbonyl (C=O) groups excluding carboxylic acids is 2. The van der Waals surface area contributed by atoms with Crippen LogP contribution in [-0.2, 0) is 4.79 Å². The minimum atomic E-state index is -0.253. The lowest BCUT2D eigenvalue weighted by Crippen LogP contribution is -2.36. The summed E-state index contributed by atoms with van der Waals surface area (Å²) in [6.45, 7) is 1.56. The molecular formula is C25H24N2O2. The van der Waals surface area contributed by atoms with Gasteiger partial charge in [-0.25, -0.2) is 0 Å². The summed E-state index contributed by atoms with van der Waals surface area (Å²) in [4.78, 5) is 27.3. The maximum atomic E-state index is 12.9. The minimum Gasteiger partial charge on any atom is -0.339 e. The second-order valence-corrected chi connectivity index (χ2v) is 7.29. The van der Waals surface area contributed by atoms with Gasteiger partial charge in [-0.1, -0.05) is 54.6 Å². The zero-order valence-electron chi connectivity index (χ0n) is 16.3. The number of benzene rings is 3. The van der Waals surface area contributed by atoms with Crippen molar-refractivity contribution in [2.75, 3.05) is 18.4 Å². The van der Waals surface area contributed by atoms with Crippen molar-refractivity contribution in [1.29, 1.82) is 0 Å². The summed E-state index contributed by atoms with van der Waals surface area (Å²) < 4.78 is 0. The van der Waals surface area contributed by atoms with E-state index in [1.54, 1.807) is 12.1 Å². The number of hydrogen-bond acceptors (Lipinski definition) is 2. The van der Waals surface area contributed by atoms with E-state index in [0.29, 0.717) is 11.3 Å². The lowest BCUT2D eigenvalue weighted by Gasteiger charge is -2.27. The molecule has 0 aliphatic carbocycles. The van der Waals surface area contributed by atoms with Crippen molar-refractivity contribution in [3.05, 3.63) is 83.9 Å². The second kappa shape index (κ2) is 8.74. The molecule has 0 aromatic heterocycles. The summed E-state index contributed by atoms with van der Waals surface area (Å²) in [6, 6.07) is 21.3. The molecule has 3 aromatic rings. The molecule has 0 saturated carbocycles. The molecule has 1 heterocycles. The standard InChI is InChI=1S/C25H24N2O2/c28-24(16-15-20-11-8-10-19-9-2-3-12-21(19)20)26-23-14-5-4-13-22(23)25(29)27-17-6-1-7-18-27/h2-5,8-16H,1,6-7,17-18H2,(H,26,28)/b16-15+. The van der Waals surface area contributed by atoms with Crippen LogP contribution in [-0.4, -0.2) is 29.8 Å². The highest BCUT2D eigenvalue weighted by atomic mass is 16.2. The fourth-order valence-corrected chi connectivity index (χ4v) is 3.78. The number of likely N-dealkylation sites (tertiary alicyclic amines) is 1. The van der Waals surface area contributed by atoms with E-state index in [0.717, 1.165) is 42.3 Å². The normalized spacial score (nSPS) is 14.3. The molecule has 4 rings (SSSR count). The first-order chi connectivity index (χ1) is 14.2. The van der Waals surface area contributed by atoms with Crippen LogP contribution in [0.4, 0.5) is 5.69 Å². The number of para-hydroxylation sites is 1. The Hall–Kier alpha value is -3.40. The van der Waals surface area contributed by atoms with Crippen molar-refractivity contribution in [2.24, 2.45) is 0 Å². The summed E-state index contributed by atoms with van der Waals surface area (Å²) in [6.07, 6.45) is 6.57. The molecule has 0 atom stereocenters. The molecule has 1 N–H and O–H groups in total. The van der Waals surface area contributed by atoms with Crippen molar-refractivity contribution in [3.63, 3.8) is 0 Å². The van der Waals surface area contributed by atoms with Gasteiger partial charge >= 0.3 is 0 Å². The third-order valence-electron chi connectivity index (χ3n) is 5.30. The molecule has 29 heavy (non-hydrogen) atoms. The zero-order chi connectivity index (χ0) is 20.1. The topological polar surface area (TPSA) is 49.4 Å². The van der Waals surface area contributed by atoms with E-state index < -0.39 is 0 Å². The summed E-state index contributed by atoms with van der Waals surface area (Å²) in [5.41, 5.74) is 2.08. The van der Waals surface area contributed by atoms with Crippen LogP contribution < -0.4 is 5.32 Å². The van der Waals surface area contributed by atoms with Gasteiger partial charge < -0.3 is 10.2 Å². The molecular weight excluding hydrogens is 360 g/mol. The molecule has 4 heteroatoms. The molecule has 1 saturated heterocycles.